The highest BCUT2D eigenvalue weighted by Gasteiger charge is 2.15. The second kappa shape index (κ2) is 5.75. The second-order valence-electron chi connectivity index (χ2n) is 3.68. The molecule has 92 valence electrons. The van der Waals surface area contributed by atoms with Crippen LogP contribution in [0.4, 0.5) is 0 Å². The first-order valence-electron chi connectivity index (χ1n) is 5.53. The molecule has 0 aliphatic heterocycles. The highest BCUT2D eigenvalue weighted by Crippen LogP contribution is 2.28. The molecule has 0 spiro atoms. The molecule has 0 aromatic carbocycles. The number of aromatic nitrogens is 3. The standard InChI is InChI=1S/C11H15BrN4S/c1-3-16-11(14-7-15-16)6-8(13-2)9-4-5-10(12)17-9/h4-5,7-8,13H,3,6H2,1-2H3. The van der Waals surface area contributed by atoms with Gasteiger partial charge in [0.05, 0.1) is 3.79 Å². The molecule has 0 aliphatic rings. The third-order valence-corrected chi connectivity index (χ3v) is 4.41. The Morgan fingerprint density at radius 2 is 2.35 bits per heavy atom. The van der Waals surface area contributed by atoms with Gasteiger partial charge in [-0.3, -0.25) is 4.68 Å². The van der Waals surface area contributed by atoms with Crippen molar-refractivity contribution in [2.45, 2.75) is 25.9 Å². The average Bonchev–Trinajstić information content (AvgIpc) is 2.94. The van der Waals surface area contributed by atoms with Gasteiger partial charge in [0.2, 0.25) is 0 Å². The zero-order chi connectivity index (χ0) is 12.3. The van der Waals surface area contributed by atoms with Gasteiger partial charge in [0.25, 0.3) is 0 Å². The van der Waals surface area contributed by atoms with Crippen LogP contribution in [-0.4, -0.2) is 21.8 Å². The number of likely N-dealkylation sites (N-methyl/N-ethyl adjacent to an activating group) is 1. The van der Waals surface area contributed by atoms with Crippen molar-refractivity contribution in [1.82, 2.24) is 20.1 Å². The van der Waals surface area contributed by atoms with Crippen LogP contribution in [0.25, 0.3) is 0 Å². The van der Waals surface area contributed by atoms with Crippen LogP contribution in [0, 0.1) is 0 Å². The van der Waals surface area contributed by atoms with E-state index < -0.39 is 0 Å². The Balaban J connectivity index is 2.15. The SMILES string of the molecule is CCn1ncnc1CC(NC)c1ccc(Br)s1. The lowest BCUT2D eigenvalue weighted by atomic mass is 10.1. The van der Waals surface area contributed by atoms with E-state index in [0.717, 1.165) is 22.6 Å². The van der Waals surface area contributed by atoms with Crippen LogP contribution < -0.4 is 5.32 Å². The highest BCUT2D eigenvalue weighted by molar-refractivity contribution is 9.11. The minimum atomic E-state index is 0.292. The van der Waals surface area contributed by atoms with E-state index in [1.165, 1.54) is 4.88 Å². The van der Waals surface area contributed by atoms with Crippen molar-refractivity contribution in [2.24, 2.45) is 0 Å². The number of nitrogens with zero attached hydrogens (tertiary/aromatic N) is 3. The van der Waals surface area contributed by atoms with Crippen LogP contribution in [0.5, 0.6) is 0 Å². The zero-order valence-corrected chi connectivity index (χ0v) is 12.3. The molecule has 0 saturated carbocycles. The third kappa shape index (κ3) is 2.94. The maximum absolute atomic E-state index is 4.31. The van der Waals surface area contributed by atoms with Gasteiger partial charge in [-0.1, -0.05) is 0 Å². The monoisotopic (exact) mass is 314 g/mol. The average molecular weight is 315 g/mol. The van der Waals surface area contributed by atoms with Gasteiger partial charge in [0, 0.05) is 23.9 Å². The summed E-state index contributed by atoms with van der Waals surface area (Å²) in [5.74, 6) is 1.02. The predicted molar refractivity (Wildman–Crippen MR) is 73.2 cm³/mol. The molecule has 2 heterocycles. The van der Waals surface area contributed by atoms with Gasteiger partial charge >= 0.3 is 0 Å². The molecule has 0 fully saturated rings. The van der Waals surface area contributed by atoms with E-state index in [0.29, 0.717) is 6.04 Å². The van der Waals surface area contributed by atoms with Crippen LogP contribution >= 0.6 is 27.3 Å². The molecule has 0 aliphatic carbocycles. The molecular weight excluding hydrogens is 300 g/mol. The Morgan fingerprint density at radius 3 is 2.94 bits per heavy atom. The van der Waals surface area contributed by atoms with Crippen molar-refractivity contribution in [2.75, 3.05) is 7.05 Å². The molecule has 6 heteroatoms. The summed E-state index contributed by atoms with van der Waals surface area (Å²) < 4.78 is 3.09. The maximum atomic E-state index is 4.31. The molecule has 0 amide bonds. The van der Waals surface area contributed by atoms with Gasteiger partial charge in [-0.25, -0.2) is 4.98 Å². The van der Waals surface area contributed by atoms with Crippen LogP contribution in [0.3, 0.4) is 0 Å². The van der Waals surface area contributed by atoms with Gasteiger partial charge in [0.1, 0.15) is 12.2 Å². The number of nitrogens with one attached hydrogen (secondary N) is 1. The molecule has 1 N–H and O–H groups in total. The van der Waals surface area contributed by atoms with E-state index in [2.05, 4.69) is 50.4 Å². The number of aryl methyl sites for hydroxylation is 1. The largest absolute Gasteiger partial charge is 0.312 e. The Bertz CT molecular complexity index is 479. The number of hydrogen-bond acceptors (Lipinski definition) is 4. The molecular formula is C11H15BrN4S. The van der Waals surface area contributed by atoms with Crippen LogP contribution in [0.15, 0.2) is 22.2 Å². The fraction of sp³-hybridized carbons (Fsp3) is 0.455. The quantitative estimate of drug-likeness (QED) is 0.922. The summed E-state index contributed by atoms with van der Waals surface area (Å²) in [6.45, 7) is 2.94. The number of rotatable bonds is 5. The normalized spacial score (nSPS) is 12.9. The van der Waals surface area contributed by atoms with Gasteiger partial charge in [-0.15, -0.1) is 11.3 Å². The summed E-state index contributed by atoms with van der Waals surface area (Å²) in [6, 6.07) is 4.51. The van der Waals surface area contributed by atoms with Crippen LogP contribution in [0.1, 0.15) is 23.7 Å². The topological polar surface area (TPSA) is 42.7 Å². The smallest absolute Gasteiger partial charge is 0.138 e. The van der Waals surface area contributed by atoms with E-state index >= 15 is 0 Å². The summed E-state index contributed by atoms with van der Waals surface area (Å²) in [6.07, 6.45) is 2.48. The van der Waals surface area contributed by atoms with Crippen molar-refractivity contribution < 1.29 is 0 Å². The second-order valence-corrected chi connectivity index (χ2v) is 6.17. The number of hydrogen-bond donors (Lipinski definition) is 1. The van der Waals surface area contributed by atoms with E-state index in [-0.39, 0.29) is 0 Å². The Morgan fingerprint density at radius 1 is 1.53 bits per heavy atom. The molecule has 0 radical (unpaired) electrons. The molecule has 0 saturated heterocycles. The fourth-order valence-electron chi connectivity index (χ4n) is 1.75. The third-order valence-electron chi connectivity index (χ3n) is 2.67. The molecule has 2 aromatic heterocycles. The van der Waals surface area contributed by atoms with Crippen molar-refractivity contribution in [3.8, 4) is 0 Å². The fourth-order valence-corrected chi connectivity index (χ4v) is 3.29. The number of thiophene rings is 1. The Kier molecular flexibility index (Phi) is 4.31. The van der Waals surface area contributed by atoms with Crippen molar-refractivity contribution >= 4 is 27.3 Å². The molecule has 2 rings (SSSR count). The minimum Gasteiger partial charge on any atom is -0.312 e. The van der Waals surface area contributed by atoms with E-state index in [4.69, 9.17) is 0 Å². The first-order valence-corrected chi connectivity index (χ1v) is 7.14. The molecule has 0 bridgehead atoms. The maximum Gasteiger partial charge on any atom is 0.138 e. The summed E-state index contributed by atoms with van der Waals surface area (Å²) in [4.78, 5) is 5.62. The molecule has 17 heavy (non-hydrogen) atoms. The summed E-state index contributed by atoms with van der Waals surface area (Å²) in [5, 5.41) is 7.52. The van der Waals surface area contributed by atoms with Gasteiger partial charge < -0.3 is 5.32 Å². The van der Waals surface area contributed by atoms with E-state index in [9.17, 15) is 0 Å². The summed E-state index contributed by atoms with van der Waals surface area (Å²) in [5.41, 5.74) is 0. The van der Waals surface area contributed by atoms with Gasteiger partial charge in [0.15, 0.2) is 0 Å². The number of halogens is 1. The molecule has 4 nitrogen and oxygen atoms in total. The first kappa shape index (κ1) is 12.7. The molecule has 1 unspecified atom stereocenters. The Labute approximate surface area is 113 Å². The van der Waals surface area contributed by atoms with Crippen molar-refractivity contribution in [1.29, 1.82) is 0 Å². The van der Waals surface area contributed by atoms with E-state index in [1.807, 2.05) is 11.7 Å². The predicted octanol–water partition coefficient (Wildman–Crippen LogP) is 2.63. The van der Waals surface area contributed by atoms with Crippen LogP contribution in [0.2, 0.25) is 0 Å². The highest BCUT2D eigenvalue weighted by atomic mass is 79.9. The minimum absolute atomic E-state index is 0.292. The van der Waals surface area contributed by atoms with Crippen molar-refractivity contribution in [3.05, 3.63) is 32.9 Å². The summed E-state index contributed by atoms with van der Waals surface area (Å²) >= 11 is 5.25. The van der Waals surface area contributed by atoms with Gasteiger partial charge in [-0.2, -0.15) is 5.10 Å². The lowest BCUT2D eigenvalue weighted by Gasteiger charge is -2.14. The molecule has 1 atom stereocenters. The van der Waals surface area contributed by atoms with Gasteiger partial charge in [-0.05, 0) is 42.0 Å². The molecule has 2 aromatic rings. The summed E-state index contributed by atoms with van der Waals surface area (Å²) in [7, 11) is 1.98. The van der Waals surface area contributed by atoms with E-state index in [1.54, 1.807) is 17.7 Å². The van der Waals surface area contributed by atoms with Crippen molar-refractivity contribution in [3.63, 3.8) is 0 Å². The first-order chi connectivity index (χ1) is 8.24. The zero-order valence-electron chi connectivity index (χ0n) is 9.85. The lowest BCUT2D eigenvalue weighted by molar-refractivity contribution is 0.539. The van der Waals surface area contributed by atoms with Crippen LogP contribution in [-0.2, 0) is 13.0 Å². The Hall–Kier alpha value is -0.720. The lowest BCUT2D eigenvalue weighted by Crippen LogP contribution is -2.20.